The normalized spacial score (nSPS) is 17.9. The Morgan fingerprint density at radius 2 is 1.36 bits per heavy atom. The van der Waals surface area contributed by atoms with Gasteiger partial charge in [-0.1, -0.05) is 6.07 Å². The molecule has 22 heavy (non-hydrogen) atoms. The van der Waals surface area contributed by atoms with Gasteiger partial charge >= 0.3 is 0 Å². The third-order valence-corrected chi connectivity index (χ3v) is 3.80. The lowest BCUT2D eigenvalue weighted by molar-refractivity contribution is 0.306. The summed E-state index contributed by atoms with van der Waals surface area (Å²) >= 11 is 0. The van der Waals surface area contributed by atoms with Crippen molar-refractivity contribution in [2.45, 2.75) is 12.8 Å². The number of aliphatic hydroxyl groups is 2. The summed E-state index contributed by atoms with van der Waals surface area (Å²) < 4.78 is 0. The molecule has 0 aromatic carbocycles. The summed E-state index contributed by atoms with van der Waals surface area (Å²) in [7, 11) is 0. The highest BCUT2D eigenvalue weighted by Gasteiger charge is 2.22. The number of rotatable bonds is 6. The predicted molar refractivity (Wildman–Crippen MR) is 86.9 cm³/mol. The summed E-state index contributed by atoms with van der Waals surface area (Å²) in [5.41, 5.74) is 0. The fourth-order valence-electron chi connectivity index (χ4n) is 2.82. The minimum absolute atomic E-state index is 0.0917. The second-order valence-corrected chi connectivity index (χ2v) is 5.20. The fourth-order valence-corrected chi connectivity index (χ4v) is 2.82. The molecule has 1 aromatic rings. The molecule has 118 valence electrons. The van der Waals surface area contributed by atoms with Gasteiger partial charge in [0.25, 0.3) is 0 Å². The van der Waals surface area contributed by atoms with E-state index in [-0.39, 0.29) is 13.2 Å². The first-order valence-corrected chi connectivity index (χ1v) is 7.64. The fraction of sp³-hybridized carbons (Fsp3) is 0.533. The molecule has 2 aliphatic rings. The maximum atomic E-state index is 9.14. The topological polar surface area (TPSA) is 84.6 Å². The van der Waals surface area contributed by atoms with Gasteiger partial charge in [0.2, 0.25) is 0 Å². The van der Waals surface area contributed by atoms with Crippen LogP contribution in [0, 0.1) is 0 Å². The molecule has 0 saturated heterocycles. The van der Waals surface area contributed by atoms with Crippen LogP contribution in [-0.2, 0) is 0 Å². The highest BCUT2D eigenvalue weighted by Crippen LogP contribution is 2.22. The molecule has 2 N–H and O–H groups in total. The molecule has 0 bridgehead atoms. The molecule has 0 saturated carbocycles. The number of amidine groups is 2. The number of nitrogens with zero attached hydrogens (tertiary/aromatic N) is 5. The van der Waals surface area contributed by atoms with Crippen molar-refractivity contribution in [2.75, 3.05) is 49.2 Å². The van der Waals surface area contributed by atoms with Crippen LogP contribution in [0.1, 0.15) is 12.8 Å². The zero-order valence-electron chi connectivity index (χ0n) is 12.5. The van der Waals surface area contributed by atoms with Crippen LogP contribution >= 0.6 is 0 Å². The molecule has 2 aliphatic heterocycles. The van der Waals surface area contributed by atoms with Gasteiger partial charge in [0.15, 0.2) is 0 Å². The van der Waals surface area contributed by atoms with Gasteiger partial charge in [0.1, 0.15) is 23.3 Å². The summed E-state index contributed by atoms with van der Waals surface area (Å²) in [4.78, 5) is 17.7. The predicted octanol–water partition coefficient (Wildman–Crippen LogP) is 0.283. The number of aromatic nitrogens is 1. The molecular formula is C15H21N5O2. The van der Waals surface area contributed by atoms with Gasteiger partial charge in [-0.15, -0.1) is 0 Å². The highest BCUT2D eigenvalue weighted by atomic mass is 16.3. The van der Waals surface area contributed by atoms with Crippen molar-refractivity contribution in [2.24, 2.45) is 9.98 Å². The van der Waals surface area contributed by atoms with Crippen molar-refractivity contribution in [3.05, 3.63) is 18.2 Å². The summed E-state index contributed by atoms with van der Waals surface area (Å²) in [5, 5.41) is 18.3. The van der Waals surface area contributed by atoms with Crippen LogP contribution in [0.3, 0.4) is 0 Å². The second-order valence-electron chi connectivity index (χ2n) is 5.20. The van der Waals surface area contributed by atoms with E-state index in [0.29, 0.717) is 12.8 Å². The third kappa shape index (κ3) is 2.95. The molecule has 0 spiro atoms. The van der Waals surface area contributed by atoms with Crippen LogP contribution in [0.5, 0.6) is 0 Å². The summed E-state index contributed by atoms with van der Waals surface area (Å²) in [6.07, 6.45) is 1.10. The minimum Gasteiger partial charge on any atom is -0.396 e. The lowest BCUT2D eigenvalue weighted by Crippen LogP contribution is -2.31. The van der Waals surface area contributed by atoms with E-state index in [9.17, 15) is 0 Å². The summed E-state index contributed by atoms with van der Waals surface area (Å²) in [5.74, 6) is 3.46. The molecule has 0 unspecified atom stereocenters. The Labute approximate surface area is 129 Å². The molecule has 0 radical (unpaired) electrons. The first-order valence-electron chi connectivity index (χ1n) is 7.64. The van der Waals surface area contributed by atoms with Gasteiger partial charge in [0, 0.05) is 25.9 Å². The lowest BCUT2D eigenvalue weighted by atomic mass is 10.3. The first kappa shape index (κ1) is 14.9. The summed E-state index contributed by atoms with van der Waals surface area (Å²) in [6.45, 7) is 3.25. The zero-order chi connectivity index (χ0) is 15.4. The van der Waals surface area contributed by atoms with Crippen LogP contribution in [0.4, 0.5) is 11.6 Å². The van der Waals surface area contributed by atoms with Crippen molar-refractivity contribution in [1.82, 2.24) is 4.98 Å². The van der Waals surface area contributed by atoms with Crippen LogP contribution < -0.4 is 9.80 Å². The number of pyridine rings is 1. The number of aliphatic imine (C=N–C) groups is 2. The monoisotopic (exact) mass is 303 g/mol. The third-order valence-electron chi connectivity index (χ3n) is 3.80. The molecule has 0 fully saturated rings. The molecule has 1 aromatic heterocycles. The molecule has 0 aliphatic carbocycles. The van der Waals surface area contributed by atoms with Crippen molar-refractivity contribution in [3.8, 4) is 0 Å². The maximum Gasteiger partial charge on any atom is 0.136 e. The number of anilines is 2. The molecule has 0 atom stereocenters. The molecule has 3 heterocycles. The molecular weight excluding hydrogens is 282 g/mol. The molecule has 0 amide bonds. The Kier molecular flexibility index (Phi) is 4.65. The first-order chi connectivity index (χ1) is 10.8. The lowest BCUT2D eigenvalue weighted by Gasteiger charge is -2.23. The minimum atomic E-state index is 0.0917. The Morgan fingerprint density at radius 1 is 0.864 bits per heavy atom. The van der Waals surface area contributed by atoms with E-state index in [1.165, 1.54) is 0 Å². The van der Waals surface area contributed by atoms with Gasteiger partial charge in [-0.05, 0) is 12.1 Å². The Balaban J connectivity index is 1.81. The molecule has 7 heteroatoms. The van der Waals surface area contributed by atoms with Crippen LogP contribution in [-0.4, -0.2) is 66.3 Å². The van der Waals surface area contributed by atoms with Crippen molar-refractivity contribution in [1.29, 1.82) is 0 Å². The largest absolute Gasteiger partial charge is 0.396 e. The Morgan fingerprint density at radius 3 is 1.82 bits per heavy atom. The summed E-state index contributed by atoms with van der Waals surface area (Å²) in [6, 6.07) is 5.89. The number of hydrogen-bond donors (Lipinski definition) is 2. The van der Waals surface area contributed by atoms with Crippen molar-refractivity contribution in [3.63, 3.8) is 0 Å². The molecule has 3 rings (SSSR count). The van der Waals surface area contributed by atoms with Crippen molar-refractivity contribution >= 4 is 23.3 Å². The second kappa shape index (κ2) is 6.85. The van der Waals surface area contributed by atoms with E-state index in [2.05, 4.69) is 19.8 Å². The average molecular weight is 303 g/mol. The van der Waals surface area contributed by atoms with Gasteiger partial charge in [-0.3, -0.25) is 9.98 Å². The standard InChI is InChI=1S/C15H21N5O2/c21-10-4-12-16-6-8-19(12)14-2-1-3-15(18-14)20-9-7-17-13(20)5-11-22/h1-3,21-22H,4-11H2. The highest BCUT2D eigenvalue weighted by molar-refractivity contribution is 6.00. The van der Waals surface area contributed by atoms with Crippen LogP contribution in [0.25, 0.3) is 0 Å². The Bertz CT molecular complexity index is 540. The SMILES string of the molecule is OCCC1=NCCN1c1cccc(N2CCN=C2CCO)n1. The van der Waals surface area contributed by atoms with E-state index in [1.54, 1.807) is 0 Å². The van der Waals surface area contributed by atoms with Gasteiger partial charge in [0.05, 0.1) is 26.3 Å². The van der Waals surface area contributed by atoms with E-state index < -0.39 is 0 Å². The number of aliphatic hydroxyl groups excluding tert-OH is 2. The van der Waals surface area contributed by atoms with E-state index in [0.717, 1.165) is 49.5 Å². The van der Waals surface area contributed by atoms with Gasteiger partial charge in [-0.2, -0.15) is 0 Å². The smallest absolute Gasteiger partial charge is 0.136 e. The van der Waals surface area contributed by atoms with Gasteiger partial charge < -0.3 is 20.0 Å². The van der Waals surface area contributed by atoms with Crippen LogP contribution in [0.15, 0.2) is 28.2 Å². The Hall–Kier alpha value is -1.99. The quantitative estimate of drug-likeness (QED) is 0.789. The van der Waals surface area contributed by atoms with Crippen molar-refractivity contribution < 1.29 is 10.2 Å². The number of hydrogen-bond acceptors (Lipinski definition) is 7. The maximum absolute atomic E-state index is 9.14. The zero-order valence-corrected chi connectivity index (χ0v) is 12.5. The van der Waals surface area contributed by atoms with E-state index in [4.69, 9.17) is 15.2 Å². The van der Waals surface area contributed by atoms with E-state index >= 15 is 0 Å². The molecule has 7 nitrogen and oxygen atoms in total. The van der Waals surface area contributed by atoms with Crippen LogP contribution in [0.2, 0.25) is 0 Å². The van der Waals surface area contributed by atoms with E-state index in [1.807, 2.05) is 18.2 Å². The average Bonchev–Trinajstić information content (AvgIpc) is 3.17. The van der Waals surface area contributed by atoms with Gasteiger partial charge in [-0.25, -0.2) is 4.98 Å².